The number of aryl methyl sites for hydroxylation is 1. The molecule has 0 aliphatic carbocycles. The molecule has 144 valence electrons. The lowest BCUT2D eigenvalue weighted by atomic mass is 10.1. The fraction of sp³-hybridized carbons (Fsp3) is 0.333. The number of rotatable bonds is 5. The fourth-order valence-corrected chi connectivity index (χ4v) is 3.23. The highest BCUT2D eigenvalue weighted by atomic mass is 16.1. The van der Waals surface area contributed by atoms with Crippen LogP contribution in [0.15, 0.2) is 48.0 Å². The summed E-state index contributed by atoms with van der Waals surface area (Å²) in [6.07, 6.45) is 7.29. The highest BCUT2D eigenvalue weighted by Gasteiger charge is 2.24. The number of nitrogens with zero attached hydrogens (tertiary/aromatic N) is 7. The molecule has 1 saturated heterocycles. The van der Waals surface area contributed by atoms with Crippen LogP contribution in [-0.2, 0) is 7.05 Å². The van der Waals surface area contributed by atoms with Crippen LogP contribution < -0.4 is 15.8 Å². The monoisotopic (exact) mass is 380 g/mol. The van der Waals surface area contributed by atoms with E-state index in [4.69, 9.17) is 0 Å². The van der Waals surface area contributed by atoms with Crippen LogP contribution in [0.25, 0.3) is 5.82 Å². The van der Waals surface area contributed by atoms with Crippen molar-refractivity contribution in [1.29, 1.82) is 0 Å². The Labute approximate surface area is 160 Å². The van der Waals surface area contributed by atoms with Gasteiger partial charge in [0.15, 0.2) is 0 Å². The van der Waals surface area contributed by atoms with Crippen molar-refractivity contribution in [1.82, 2.24) is 34.8 Å². The lowest BCUT2D eigenvalue weighted by Crippen LogP contribution is -2.31. The SMILES string of the molecule is Cn1ncc(N2CC[C@H](CNC(=O)c3ccnc(-n4cnnc4)c3)C2)cc1=O. The van der Waals surface area contributed by atoms with Crippen molar-refractivity contribution in [2.45, 2.75) is 6.42 Å². The number of nitrogens with one attached hydrogen (secondary N) is 1. The van der Waals surface area contributed by atoms with E-state index in [-0.39, 0.29) is 11.5 Å². The van der Waals surface area contributed by atoms with Gasteiger partial charge in [0.1, 0.15) is 18.5 Å². The first-order valence-electron chi connectivity index (χ1n) is 8.98. The van der Waals surface area contributed by atoms with Gasteiger partial charge in [-0.15, -0.1) is 10.2 Å². The average Bonchev–Trinajstić information content (AvgIpc) is 3.40. The van der Waals surface area contributed by atoms with Crippen LogP contribution in [0.4, 0.5) is 5.69 Å². The molecule has 0 unspecified atom stereocenters. The molecule has 0 saturated carbocycles. The van der Waals surface area contributed by atoms with Crippen molar-refractivity contribution < 1.29 is 4.79 Å². The third kappa shape index (κ3) is 3.75. The first-order chi connectivity index (χ1) is 13.6. The summed E-state index contributed by atoms with van der Waals surface area (Å²) in [6.45, 7) is 2.18. The number of carbonyl (C=O) groups excluding carboxylic acids is 1. The Bertz CT molecular complexity index is 1030. The number of hydrogen-bond acceptors (Lipinski definition) is 7. The Kier molecular flexibility index (Phi) is 4.83. The van der Waals surface area contributed by atoms with Crippen LogP contribution >= 0.6 is 0 Å². The molecule has 10 heteroatoms. The smallest absolute Gasteiger partial charge is 0.268 e. The number of amides is 1. The van der Waals surface area contributed by atoms with Crippen molar-refractivity contribution in [2.75, 3.05) is 24.5 Å². The van der Waals surface area contributed by atoms with Crippen molar-refractivity contribution in [3.63, 3.8) is 0 Å². The molecule has 0 radical (unpaired) electrons. The third-order valence-corrected chi connectivity index (χ3v) is 4.85. The van der Waals surface area contributed by atoms with E-state index in [9.17, 15) is 9.59 Å². The van der Waals surface area contributed by atoms with Crippen LogP contribution in [0.3, 0.4) is 0 Å². The zero-order valence-corrected chi connectivity index (χ0v) is 15.4. The number of carbonyl (C=O) groups is 1. The maximum absolute atomic E-state index is 12.5. The first kappa shape index (κ1) is 17.8. The molecule has 1 aliphatic heterocycles. The average molecular weight is 380 g/mol. The largest absolute Gasteiger partial charge is 0.370 e. The lowest BCUT2D eigenvalue weighted by Gasteiger charge is -2.18. The van der Waals surface area contributed by atoms with Gasteiger partial charge in [-0.1, -0.05) is 0 Å². The van der Waals surface area contributed by atoms with E-state index < -0.39 is 0 Å². The molecule has 1 atom stereocenters. The molecule has 1 fully saturated rings. The van der Waals surface area contributed by atoms with E-state index in [1.54, 1.807) is 42.2 Å². The van der Waals surface area contributed by atoms with Gasteiger partial charge in [-0.2, -0.15) is 5.10 Å². The second kappa shape index (κ2) is 7.59. The highest BCUT2D eigenvalue weighted by Crippen LogP contribution is 2.21. The summed E-state index contributed by atoms with van der Waals surface area (Å²) in [5, 5.41) is 14.6. The molecular formula is C18H20N8O2. The predicted molar refractivity (Wildman–Crippen MR) is 101 cm³/mol. The van der Waals surface area contributed by atoms with Gasteiger partial charge in [0.05, 0.1) is 11.9 Å². The van der Waals surface area contributed by atoms with E-state index >= 15 is 0 Å². The molecule has 3 aromatic rings. The molecule has 0 spiro atoms. The van der Waals surface area contributed by atoms with E-state index in [0.29, 0.717) is 23.8 Å². The maximum atomic E-state index is 12.5. The van der Waals surface area contributed by atoms with Gasteiger partial charge in [-0.25, -0.2) is 9.67 Å². The zero-order chi connectivity index (χ0) is 19.5. The molecular weight excluding hydrogens is 360 g/mol. The summed E-state index contributed by atoms with van der Waals surface area (Å²) < 4.78 is 2.95. The number of aromatic nitrogens is 6. The van der Waals surface area contributed by atoms with Gasteiger partial charge in [0, 0.05) is 44.5 Å². The van der Waals surface area contributed by atoms with E-state index in [1.165, 1.54) is 17.3 Å². The lowest BCUT2D eigenvalue weighted by molar-refractivity contribution is 0.0948. The van der Waals surface area contributed by atoms with E-state index in [0.717, 1.165) is 25.2 Å². The quantitative estimate of drug-likeness (QED) is 0.664. The second-order valence-corrected chi connectivity index (χ2v) is 6.76. The summed E-state index contributed by atoms with van der Waals surface area (Å²) in [4.78, 5) is 30.6. The van der Waals surface area contributed by atoms with Gasteiger partial charge in [-0.3, -0.25) is 14.2 Å². The van der Waals surface area contributed by atoms with Crippen molar-refractivity contribution in [3.8, 4) is 5.82 Å². The van der Waals surface area contributed by atoms with Gasteiger partial charge >= 0.3 is 0 Å². The molecule has 0 aromatic carbocycles. The second-order valence-electron chi connectivity index (χ2n) is 6.76. The normalized spacial score (nSPS) is 16.3. The third-order valence-electron chi connectivity index (χ3n) is 4.85. The van der Waals surface area contributed by atoms with Crippen LogP contribution in [0.5, 0.6) is 0 Å². The number of pyridine rings is 1. The summed E-state index contributed by atoms with van der Waals surface area (Å²) in [6, 6.07) is 4.97. The Morgan fingerprint density at radius 2 is 2.11 bits per heavy atom. The minimum absolute atomic E-state index is 0.129. The minimum Gasteiger partial charge on any atom is -0.370 e. The molecule has 1 N–H and O–H groups in total. The van der Waals surface area contributed by atoms with E-state index in [2.05, 4.69) is 30.5 Å². The maximum Gasteiger partial charge on any atom is 0.268 e. The molecule has 10 nitrogen and oxygen atoms in total. The molecule has 0 bridgehead atoms. The predicted octanol–water partition coefficient (Wildman–Crippen LogP) is 0.0123. The summed E-state index contributed by atoms with van der Waals surface area (Å²) in [7, 11) is 1.63. The molecule has 1 amide bonds. The summed E-state index contributed by atoms with van der Waals surface area (Å²) in [5.74, 6) is 0.750. The molecule has 4 heterocycles. The van der Waals surface area contributed by atoms with Gasteiger partial charge in [-0.05, 0) is 24.5 Å². The van der Waals surface area contributed by atoms with Gasteiger partial charge in [0.2, 0.25) is 0 Å². The summed E-state index contributed by atoms with van der Waals surface area (Å²) in [5.41, 5.74) is 1.23. The molecule has 28 heavy (non-hydrogen) atoms. The Morgan fingerprint density at radius 1 is 1.29 bits per heavy atom. The van der Waals surface area contributed by atoms with Crippen LogP contribution in [0.1, 0.15) is 16.8 Å². The minimum atomic E-state index is -0.148. The van der Waals surface area contributed by atoms with Crippen molar-refractivity contribution in [2.24, 2.45) is 13.0 Å². The van der Waals surface area contributed by atoms with Crippen LogP contribution in [0, 0.1) is 5.92 Å². The van der Waals surface area contributed by atoms with Crippen LogP contribution in [0.2, 0.25) is 0 Å². The standard InChI is InChI=1S/C18H20N8O2/c1-24-17(27)7-15(9-23-24)25-5-3-13(10-25)8-20-18(28)14-2-4-19-16(6-14)26-11-21-22-12-26/h2,4,6-7,9,11-13H,3,5,8,10H2,1H3,(H,20,28)/t13-/m1/s1. The van der Waals surface area contributed by atoms with Gasteiger partial charge < -0.3 is 10.2 Å². The van der Waals surface area contributed by atoms with Gasteiger partial charge in [0.25, 0.3) is 11.5 Å². The first-order valence-corrected chi connectivity index (χ1v) is 8.98. The van der Waals surface area contributed by atoms with Crippen molar-refractivity contribution in [3.05, 3.63) is 59.2 Å². The van der Waals surface area contributed by atoms with E-state index in [1.807, 2.05) is 0 Å². The zero-order valence-electron chi connectivity index (χ0n) is 15.4. The Hall–Kier alpha value is -3.56. The fourth-order valence-electron chi connectivity index (χ4n) is 3.23. The molecule has 3 aromatic heterocycles. The Morgan fingerprint density at radius 3 is 2.89 bits per heavy atom. The van der Waals surface area contributed by atoms with Crippen molar-refractivity contribution >= 4 is 11.6 Å². The number of hydrogen-bond donors (Lipinski definition) is 1. The number of anilines is 1. The highest BCUT2D eigenvalue weighted by molar-refractivity contribution is 5.94. The molecule has 4 rings (SSSR count). The topological polar surface area (TPSA) is 111 Å². The summed E-state index contributed by atoms with van der Waals surface area (Å²) >= 11 is 0. The molecule has 1 aliphatic rings. The Balaban J connectivity index is 1.35. The van der Waals surface area contributed by atoms with Crippen LogP contribution in [-0.4, -0.2) is 55.1 Å².